The van der Waals surface area contributed by atoms with Crippen LogP contribution in [0.5, 0.6) is 0 Å². The third kappa shape index (κ3) is 9.59. The second-order valence-corrected chi connectivity index (χ2v) is 10.6. The molecule has 8 N–H and O–H groups in total. The normalized spacial score (nSPS) is 14.3. The highest BCUT2D eigenvalue weighted by molar-refractivity contribution is 7.98. The Morgan fingerprint density at radius 2 is 1.62 bits per heavy atom. The topological polar surface area (TPSA) is 204 Å². The highest BCUT2D eigenvalue weighted by Crippen LogP contribution is 2.19. The maximum atomic E-state index is 13.2. The molecule has 0 aliphatic carbocycles. The number of carboxylic acid groups (broad SMARTS) is 2. The van der Waals surface area contributed by atoms with Crippen molar-refractivity contribution < 1.29 is 34.2 Å². The predicted molar refractivity (Wildman–Crippen MR) is 148 cm³/mol. The second-order valence-electron chi connectivity index (χ2n) is 9.57. The Kier molecular flexibility index (Phi) is 12.3. The number of nitrogens with one attached hydrogen (secondary N) is 4. The second kappa shape index (κ2) is 15.1. The summed E-state index contributed by atoms with van der Waals surface area (Å²) < 4.78 is 0. The van der Waals surface area contributed by atoms with E-state index in [1.54, 1.807) is 20.0 Å². The van der Waals surface area contributed by atoms with Gasteiger partial charge < -0.3 is 36.9 Å². The summed E-state index contributed by atoms with van der Waals surface area (Å²) in [4.78, 5) is 64.5. The van der Waals surface area contributed by atoms with Gasteiger partial charge in [0.25, 0.3) is 0 Å². The summed E-state index contributed by atoms with van der Waals surface area (Å²) in [7, 11) is 0. The van der Waals surface area contributed by atoms with Gasteiger partial charge in [-0.25, -0.2) is 4.79 Å². The summed E-state index contributed by atoms with van der Waals surface area (Å²) >= 11 is 1.48. The van der Waals surface area contributed by atoms with Crippen molar-refractivity contribution in [2.45, 2.75) is 63.7 Å². The number of hydrogen-bond acceptors (Lipinski definition) is 7. The fourth-order valence-corrected chi connectivity index (χ4v) is 4.46. The summed E-state index contributed by atoms with van der Waals surface area (Å²) in [6.07, 6.45) is 3.42. The van der Waals surface area contributed by atoms with Crippen molar-refractivity contribution in [3.8, 4) is 0 Å². The largest absolute Gasteiger partial charge is 0.481 e. The van der Waals surface area contributed by atoms with Crippen LogP contribution >= 0.6 is 11.8 Å². The summed E-state index contributed by atoms with van der Waals surface area (Å²) in [6.45, 7) is 3.34. The van der Waals surface area contributed by atoms with Gasteiger partial charge in [0.15, 0.2) is 0 Å². The molecule has 0 aliphatic heterocycles. The molecule has 0 saturated carbocycles. The van der Waals surface area contributed by atoms with E-state index in [2.05, 4.69) is 20.9 Å². The number of aliphatic carboxylic acids is 2. The van der Waals surface area contributed by atoms with Gasteiger partial charge in [0.2, 0.25) is 17.7 Å². The van der Waals surface area contributed by atoms with Crippen molar-refractivity contribution in [3.05, 3.63) is 36.0 Å². The quantitative estimate of drug-likeness (QED) is 0.154. The molecule has 12 nitrogen and oxygen atoms in total. The van der Waals surface area contributed by atoms with Crippen molar-refractivity contribution in [3.63, 3.8) is 0 Å². The number of amides is 3. The number of benzene rings is 1. The minimum Gasteiger partial charge on any atom is -0.481 e. The lowest BCUT2D eigenvalue weighted by Crippen LogP contribution is -2.58. The summed E-state index contributed by atoms with van der Waals surface area (Å²) in [5.74, 6) is -4.35. The van der Waals surface area contributed by atoms with Gasteiger partial charge in [-0.15, -0.1) is 0 Å². The molecule has 214 valence electrons. The molecule has 39 heavy (non-hydrogen) atoms. The van der Waals surface area contributed by atoms with Crippen LogP contribution in [0.25, 0.3) is 10.9 Å². The van der Waals surface area contributed by atoms with Gasteiger partial charge in [0, 0.05) is 23.5 Å². The van der Waals surface area contributed by atoms with Crippen molar-refractivity contribution in [2.24, 2.45) is 11.7 Å². The number of aromatic amines is 1. The van der Waals surface area contributed by atoms with Crippen LogP contribution in [0.1, 0.15) is 38.7 Å². The van der Waals surface area contributed by atoms with E-state index >= 15 is 0 Å². The zero-order chi connectivity index (χ0) is 29.1. The number of hydrogen-bond donors (Lipinski definition) is 7. The number of H-pyrrole nitrogens is 1. The molecule has 0 bridgehead atoms. The highest BCUT2D eigenvalue weighted by atomic mass is 32.2. The van der Waals surface area contributed by atoms with Crippen LogP contribution in [0.15, 0.2) is 30.5 Å². The van der Waals surface area contributed by atoms with Crippen LogP contribution in [0.3, 0.4) is 0 Å². The van der Waals surface area contributed by atoms with Gasteiger partial charge in [0.05, 0.1) is 6.04 Å². The molecule has 3 amide bonds. The first-order valence-electron chi connectivity index (χ1n) is 12.6. The lowest BCUT2D eigenvalue weighted by atomic mass is 10.0. The van der Waals surface area contributed by atoms with E-state index < -0.39 is 66.2 Å². The SMILES string of the molecule is CSCCC(NC(=O)C(N)Cc1c[nH]c2ccccc12)C(=O)NC(C(=O)NC(CCC(=O)O)C(=O)O)C(C)C. The van der Waals surface area contributed by atoms with Crippen LogP contribution < -0.4 is 21.7 Å². The van der Waals surface area contributed by atoms with E-state index in [4.69, 9.17) is 10.8 Å². The van der Waals surface area contributed by atoms with Crippen molar-refractivity contribution in [2.75, 3.05) is 12.0 Å². The molecule has 1 aromatic heterocycles. The highest BCUT2D eigenvalue weighted by Gasteiger charge is 2.32. The predicted octanol–water partition coefficient (Wildman–Crippen LogP) is 0.851. The first kappa shape index (κ1) is 31.6. The molecule has 2 aromatic rings. The minimum atomic E-state index is -1.43. The first-order valence-corrected chi connectivity index (χ1v) is 14.0. The number of rotatable bonds is 16. The third-order valence-electron chi connectivity index (χ3n) is 6.20. The third-order valence-corrected chi connectivity index (χ3v) is 6.85. The number of nitrogens with two attached hydrogens (primary N) is 1. The summed E-state index contributed by atoms with van der Waals surface area (Å²) in [5.41, 5.74) is 7.97. The van der Waals surface area contributed by atoms with E-state index in [9.17, 15) is 29.1 Å². The molecule has 0 spiro atoms. The van der Waals surface area contributed by atoms with E-state index in [0.717, 1.165) is 16.5 Å². The number of carbonyl (C=O) groups excluding carboxylic acids is 3. The Morgan fingerprint density at radius 3 is 2.23 bits per heavy atom. The molecular weight excluding hydrogens is 526 g/mol. The maximum Gasteiger partial charge on any atom is 0.326 e. The first-order chi connectivity index (χ1) is 18.4. The van der Waals surface area contributed by atoms with Crippen LogP contribution in [-0.2, 0) is 30.4 Å². The maximum absolute atomic E-state index is 13.2. The zero-order valence-corrected chi connectivity index (χ0v) is 23.0. The average molecular weight is 564 g/mol. The lowest BCUT2D eigenvalue weighted by molar-refractivity contribution is -0.143. The number of fused-ring (bicyclic) bond motifs is 1. The van der Waals surface area contributed by atoms with E-state index in [1.807, 2.05) is 30.5 Å². The Labute approximate surface area is 230 Å². The van der Waals surface area contributed by atoms with Gasteiger partial charge >= 0.3 is 11.9 Å². The molecule has 0 radical (unpaired) electrons. The monoisotopic (exact) mass is 563 g/mol. The van der Waals surface area contributed by atoms with E-state index in [-0.39, 0.29) is 19.3 Å². The van der Waals surface area contributed by atoms with Crippen LogP contribution in [0.4, 0.5) is 0 Å². The number of aromatic nitrogens is 1. The summed E-state index contributed by atoms with van der Waals surface area (Å²) in [5, 5.41) is 26.8. The Balaban J connectivity index is 2.09. The van der Waals surface area contributed by atoms with Crippen molar-refractivity contribution >= 4 is 52.3 Å². The standard InChI is InChI=1S/C26H37N5O7S/c1-14(2)22(25(36)30-20(26(37)38)8-9-21(32)33)31-24(35)19(10-11-39-3)29-23(34)17(27)12-15-13-28-18-7-5-4-6-16(15)18/h4-7,13-14,17,19-20,22,28H,8-12,27H2,1-3H3,(H,29,34)(H,30,36)(H,31,35)(H,32,33)(H,37,38). The van der Waals surface area contributed by atoms with Gasteiger partial charge in [-0.05, 0) is 48.8 Å². The molecule has 2 rings (SSSR count). The molecule has 0 fully saturated rings. The van der Waals surface area contributed by atoms with Gasteiger partial charge in [-0.3, -0.25) is 19.2 Å². The van der Waals surface area contributed by atoms with Gasteiger partial charge in [0.1, 0.15) is 18.1 Å². The zero-order valence-electron chi connectivity index (χ0n) is 22.2. The van der Waals surface area contributed by atoms with Crippen LogP contribution in [0, 0.1) is 5.92 Å². The molecule has 13 heteroatoms. The molecule has 1 aromatic carbocycles. The molecule has 0 aliphatic rings. The Hall–Kier alpha value is -3.58. The van der Waals surface area contributed by atoms with Crippen LogP contribution in [-0.4, -0.2) is 81.0 Å². The van der Waals surface area contributed by atoms with Crippen molar-refractivity contribution in [1.29, 1.82) is 0 Å². The van der Waals surface area contributed by atoms with E-state index in [1.165, 1.54) is 11.8 Å². The molecular formula is C26H37N5O7S. The van der Waals surface area contributed by atoms with E-state index in [0.29, 0.717) is 5.75 Å². The van der Waals surface area contributed by atoms with Gasteiger partial charge in [-0.1, -0.05) is 32.0 Å². The fraction of sp³-hybridized carbons (Fsp3) is 0.500. The average Bonchev–Trinajstić information content (AvgIpc) is 3.29. The summed E-state index contributed by atoms with van der Waals surface area (Å²) in [6, 6.07) is 3.18. The molecule has 4 atom stereocenters. The molecule has 1 heterocycles. The van der Waals surface area contributed by atoms with Crippen LogP contribution in [0.2, 0.25) is 0 Å². The number of thioether (sulfide) groups is 1. The Morgan fingerprint density at radius 1 is 0.949 bits per heavy atom. The minimum absolute atomic E-state index is 0.247. The van der Waals surface area contributed by atoms with Gasteiger partial charge in [-0.2, -0.15) is 11.8 Å². The van der Waals surface area contributed by atoms with Crippen molar-refractivity contribution in [1.82, 2.24) is 20.9 Å². The Bertz CT molecular complexity index is 1170. The number of carboxylic acids is 2. The lowest BCUT2D eigenvalue weighted by Gasteiger charge is -2.27. The molecule has 0 saturated heterocycles. The molecule has 4 unspecified atom stereocenters. The smallest absolute Gasteiger partial charge is 0.326 e. The number of carbonyl (C=O) groups is 5. The number of para-hydroxylation sites is 1. The fourth-order valence-electron chi connectivity index (χ4n) is 3.99.